The summed E-state index contributed by atoms with van der Waals surface area (Å²) in [4.78, 5) is 0. The summed E-state index contributed by atoms with van der Waals surface area (Å²) in [6.45, 7) is 4.89. The average Bonchev–Trinajstić information content (AvgIpc) is 2.53. The zero-order valence-electron chi connectivity index (χ0n) is 13.6. The van der Waals surface area contributed by atoms with E-state index in [9.17, 15) is 5.11 Å². The Morgan fingerprint density at radius 1 is 1.19 bits per heavy atom. The number of aryl methyl sites for hydroxylation is 1. The lowest BCUT2D eigenvalue weighted by Crippen LogP contribution is -2.32. The Kier molecular flexibility index (Phi) is 6.72. The summed E-state index contributed by atoms with van der Waals surface area (Å²) in [6.07, 6.45) is 7.93. The van der Waals surface area contributed by atoms with Crippen molar-refractivity contribution in [2.75, 3.05) is 6.61 Å². The van der Waals surface area contributed by atoms with Crippen LogP contribution < -0.4 is 0 Å². The number of benzene rings is 1. The SMILES string of the molecule is CCCc1cccc(C(O)C(OCC)C2CCCCC2)c1. The zero-order valence-corrected chi connectivity index (χ0v) is 13.6. The van der Waals surface area contributed by atoms with Crippen molar-refractivity contribution in [2.45, 2.75) is 71.0 Å². The smallest absolute Gasteiger partial charge is 0.105 e. The number of hydrogen-bond acceptors (Lipinski definition) is 2. The zero-order chi connectivity index (χ0) is 15.1. The van der Waals surface area contributed by atoms with E-state index in [1.54, 1.807) is 0 Å². The molecule has 1 aliphatic carbocycles. The maximum atomic E-state index is 10.8. The van der Waals surface area contributed by atoms with E-state index in [-0.39, 0.29) is 6.10 Å². The van der Waals surface area contributed by atoms with Gasteiger partial charge in [0.15, 0.2) is 0 Å². The van der Waals surface area contributed by atoms with Crippen LogP contribution in [0.15, 0.2) is 24.3 Å². The lowest BCUT2D eigenvalue weighted by molar-refractivity contribution is -0.0739. The lowest BCUT2D eigenvalue weighted by atomic mass is 9.81. The normalized spacial score (nSPS) is 19.4. The summed E-state index contributed by atoms with van der Waals surface area (Å²) in [5, 5.41) is 10.8. The summed E-state index contributed by atoms with van der Waals surface area (Å²) in [7, 11) is 0. The fourth-order valence-corrected chi connectivity index (χ4v) is 3.55. The maximum Gasteiger partial charge on any atom is 0.105 e. The van der Waals surface area contributed by atoms with Crippen molar-refractivity contribution < 1.29 is 9.84 Å². The molecule has 118 valence electrons. The Bertz CT molecular complexity index is 410. The minimum atomic E-state index is -0.496. The molecule has 0 saturated heterocycles. The fraction of sp³-hybridized carbons (Fsp3) is 0.684. The highest BCUT2D eigenvalue weighted by atomic mass is 16.5. The maximum absolute atomic E-state index is 10.8. The van der Waals surface area contributed by atoms with Gasteiger partial charge in [-0.25, -0.2) is 0 Å². The lowest BCUT2D eigenvalue weighted by Gasteiger charge is -2.33. The highest BCUT2D eigenvalue weighted by Crippen LogP contribution is 2.34. The topological polar surface area (TPSA) is 29.5 Å². The third-order valence-electron chi connectivity index (χ3n) is 4.62. The first-order valence-electron chi connectivity index (χ1n) is 8.64. The van der Waals surface area contributed by atoms with Crippen LogP contribution in [0.25, 0.3) is 0 Å². The Labute approximate surface area is 129 Å². The average molecular weight is 290 g/mol. The Hall–Kier alpha value is -0.860. The third-order valence-corrected chi connectivity index (χ3v) is 4.62. The molecule has 0 heterocycles. The van der Waals surface area contributed by atoms with Crippen LogP contribution in [0, 0.1) is 5.92 Å². The number of aliphatic hydroxyl groups excluding tert-OH is 1. The van der Waals surface area contributed by atoms with Gasteiger partial charge in [0.2, 0.25) is 0 Å². The fourth-order valence-electron chi connectivity index (χ4n) is 3.55. The van der Waals surface area contributed by atoms with Gasteiger partial charge >= 0.3 is 0 Å². The number of aliphatic hydroxyl groups is 1. The van der Waals surface area contributed by atoms with E-state index in [1.165, 1.54) is 37.7 Å². The molecule has 2 heteroatoms. The van der Waals surface area contributed by atoms with Gasteiger partial charge in [0.1, 0.15) is 6.10 Å². The van der Waals surface area contributed by atoms with Crippen LogP contribution in [0.5, 0.6) is 0 Å². The summed E-state index contributed by atoms with van der Waals surface area (Å²) >= 11 is 0. The minimum Gasteiger partial charge on any atom is -0.386 e. The Balaban J connectivity index is 2.12. The molecule has 2 atom stereocenters. The molecule has 2 unspecified atom stereocenters. The molecular weight excluding hydrogens is 260 g/mol. The van der Waals surface area contributed by atoms with Gasteiger partial charge in [0.25, 0.3) is 0 Å². The van der Waals surface area contributed by atoms with Crippen LogP contribution in [0.3, 0.4) is 0 Å². The van der Waals surface area contributed by atoms with E-state index in [0.29, 0.717) is 12.5 Å². The van der Waals surface area contributed by atoms with Crippen molar-refractivity contribution in [3.63, 3.8) is 0 Å². The first-order chi connectivity index (χ1) is 10.3. The second kappa shape index (κ2) is 8.55. The summed E-state index contributed by atoms with van der Waals surface area (Å²) in [6, 6.07) is 8.41. The highest BCUT2D eigenvalue weighted by Gasteiger charge is 2.31. The van der Waals surface area contributed by atoms with Crippen molar-refractivity contribution in [3.05, 3.63) is 35.4 Å². The summed E-state index contributed by atoms with van der Waals surface area (Å²) in [5.74, 6) is 0.503. The van der Waals surface area contributed by atoms with Gasteiger partial charge < -0.3 is 9.84 Å². The predicted molar refractivity (Wildman–Crippen MR) is 87.4 cm³/mol. The van der Waals surface area contributed by atoms with E-state index in [1.807, 2.05) is 13.0 Å². The van der Waals surface area contributed by atoms with Crippen LogP contribution in [-0.2, 0) is 11.2 Å². The van der Waals surface area contributed by atoms with Gasteiger partial charge in [-0.1, -0.05) is 56.9 Å². The van der Waals surface area contributed by atoms with Gasteiger partial charge in [-0.05, 0) is 43.2 Å². The van der Waals surface area contributed by atoms with Crippen molar-refractivity contribution in [1.29, 1.82) is 0 Å². The minimum absolute atomic E-state index is 0.0489. The molecule has 0 amide bonds. The van der Waals surface area contributed by atoms with Gasteiger partial charge in [-0.15, -0.1) is 0 Å². The summed E-state index contributed by atoms with van der Waals surface area (Å²) in [5.41, 5.74) is 2.33. The molecule has 0 aromatic heterocycles. The van der Waals surface area contributed by atoms with E-state index in [0.717, 1.165) is 18.4 Å². The molecule has 0 radical (unpaired) electrons. The van der Waals surface area contributed by atoms with Crippen molar-refractivity contribution >= 4 is 0 Å². The number of ether oxygens (including phenoxy) is 1. The van der Waals surface area contributed by atoms with Crippen LogP contribution in [0.2, 0.25) is 0 Å². The van der Waals surface area contributed by atoms with E-state index in [4.69, 9.17) is 4.74 Å². The van der Waals surface area contributed by atoms with E-state index < -0.39 is 6.10 Å². The molecule has 1 aromatic rings. The van der Waals surface area contributed by atoms with Gasteiger partial charge in [0, 0.05) is 6.61 Å². The van der Waals surface area contributed by atoms with E-state index >= 15 is 0 Å². The first kappa shape index (κ1) is 16.5. The van der Waals surface area contributed by atoms with Crippen LogP contribution >= 0.6 is 0 Å². The molecule has 0 spiro atoms. The monoisotopic (exact) mass is 290 g/mol. The van der Waals surface area contributed by atoms with Crippen LogP contribution in [0.4, 0.5) is 0 Å². The molecular formula is C19H30O2. The first-order valence-corrected chi connectivity index (χ1v) is 8.64. The van der Waals surface area contributed by atoms with Crippen LogP contribution in [-0.4, -0.2) is 17.8 Å². The number of hydrogen-bond donors (Lipinski definition) is 1. The van der Waals surface area contributed by atoms with Crippen molar-refractivity contribution in [1.82, 2.24) is 0 Å². The molecule has 2 rings (SSSR count). The molecule has 21 heavy (non-hydrogen) atoms. The number of rotatable bonds is 7. The quantitative estimate of drug-likeness (QED) is 0.791. The molecule has 1 fully saturated rings. The molecule has 1 saturated carbocycles. The van der Waals surface area contributed by atoms with Crippen molar-refractivity contribution in [2.24, 2.45) is 5.92 Å². The second-order valence-corrected chi connectivity index (χ2v) is 6.26. The standard InChI is InChI=1S/C19H30O2/c1-3-9-15-10-8-13-17(14-15)18(20)19(21-4-2)16-11-6-5-7-12-16/h8,10,13-14,16,18-20H,3-7,9,11-12H2,1-2H3. The molecule has 0 bridgehead atoms. The predicted octanol–water partition coefficient (Wildman–Crippen LogP) is 4.66. The molecule has 1 aliphatic rings. The van der Waals surface area contributed by atoms with Crippen LogP contribution in [0.1, 0.15) is 69.6 Å². The third kappa shape index (κ3) is 4.55. The van der Waals surface area contributed by atoms with Crippen molar-refractivity contribution in [3.8, 4) is 0 Å². The summed E-state index contributed by atoms with van der Waals surface area (Å²) < 4.78 is 5.95. The van der Waals surface area contributed by atoms with Gasteiger partial charge in [0.05, 0.1) is 6.10 Å². The van der Waals surface area contributed by atoms with E-state index in [2.05, 4.69) is 25.1 Å². The van der Waals surface area contributed by atoms with Gasteiger partial charge in [-0.2, -0.15) is 0 Å². The largest absolute Gasteiger partial charge is 0.386 e. The Morgan fingerprint density at radius 3 is 2.62 bits per heavy atom. The molecule has 1 aromatic carbocycles. The molecule has 2 nitrogen and oxygen atoms in total. The Morgan fingerprint density at radius 2 is 1.95 bits per heavy atom. The highest BCUT2D eigenvalue weighted by molar-refractivity contribution is 5.26. The molecule has 0 aliphatic heterocycles. The molecule has 1 N–H and O–H groups in total. The van der Waals surface area contributed by atoms with Gasteiger partial charge in [-0.3, -0.25) is 0 Å². The second-order valence-electron chi connectivity index (χ2n) is 6.26.